The van der Waals surface area contributed by atoms with Gasteiger partial charge >= 0.3 is 12.1 Å². The second-order valence-corrected chi connectivity index (χ2v) is 7.24. The van der Waals surface area contributed by atoms with Crippen LogP contribution in [0.3, 0.4) is 0 Å². The summed E-state index contributed by atoms with van der Waals surface area (Å²) in [6.07, 6.45) is 2.67. The summed E-state index contributed by atoms with van der Waals surface area (Å²) < 4.78 is 5.47. The number of carboxylic acid groups (broad SMARTS) is 1. The fraction of sp³-hybridized carbons (Fsp3) is 0.875. The zero-order valence-electron chi connectivity index (χ0n) is 14.5. The van der Waals surface area contributed by atoms with Crippen molar-refractivity contribution in [1.29, 1.82) is 0 Å². The number of hydrogen-bond acceptors (Lipinski definition) is 4. The summed E-state index contributed by atoms with van der Waals surface area (Å²) in [6.45, 7) is 10.8. The SMILES string of the molecule is CC(C)N(CC1CCCCN1CC(=O)O)C(=O)OC(C)(C)C. The minimum atomic E-state index is -0.819. The molecule has 0 aromatic rings. The van der Waals surface area contributed by atoms with E-state index in [9.17, 15) is 9.59 Å². The van der Waals surface area contributed by atoms with Crippen molar-refractivity contribution in [3.63, 3.8) is 0 Å². The first-order valence-electron chi connectivity index (χ1n) is 8.05. The van der Waals surface area contributed by atoms with Crippen LogP contribution in [0.15, 0.2) is 0 Å². The molecule has 128 valence electrons. The predicted molar refractivity (Wildman–Crippen MR) is 84.9 cm³/mol. The third-order valence-corrected chi connectivity index (χ3v) is 3.75. The molecule has 1 saturated heterocycles. The number of nitrogens with zero attached hydrogens (tertiary/aromatic N) is 2. The Morgan fingerprint density at radius 1 is 1.32 bits per heavy atom. The second-order valence-electron chi connectivity index (χ2n) is 7.24. The molecule has 0 aromatic carbocycles. The number of rotatable bonds is 5. The molecular weight excluding hydrogens is 284 g/mol. The third kappa shape index (κ3) is 6.22. The van der Waals surface area contributed by atoms with Crippen molar-refractivity contribution in [2.45, 2.75) is 71.6 Å². The Labute approximate surface area is 133 Å². The van der Waals surface area contributed by atoms with Gasteiger partial charge < -0.3 is 14.7 Å². The molecule has 22 heavy (non-hydrogen) atoms. The van der Waals surface area contributed by atoms with Gasteiger partial charge in [0.05, 0.1) is 6.54 Å². The number of likely N-dealkylation sites (tertiary alicyclic amines) is 1. The number of aliphatic carboxylic acids is 1. The minimum absolute atomic E-state index is 0.0171. The molecule has 1 aliphatic rings. The van der Waals surface area contributed by atoms with Gasteiger partial charge in [-0.1, -0.05) is 6.42 Å². The number of piperidine rings is 1. The first-order chi connectivity index (χ1) is 10.1. The molecule has 1 amide bonds. The highest BCUT2D eigenvalue weighted by Crippen LogP contribution is 2.20. The Morgan fingerprint density at radius 3 is 2.45 bits per heavy atom. The van der Waals surface area contributed by atoms with Crippen molar-refractivity contribution in [2.75, 3.05) is 19.6 Å². The molecule has 0 bridgehead atoms. The van der Waals surface area contributed by atoms with Crippen LogP contribution >= 0.6 is 0 Å². The van der Waals surface area contributed by atoms with Crippen molar-refractivity contribution >= 4 is 12.1 Å². The molecule has 0 spiro atoms. The van der Waals surface area contributed by atoms with E-state index >= 15 is 0 Å². The normalized spacial score (nSPS) is 20.0. The van der Waals surface area contributed by atoms with Crippen molar-refractivity contribution in [2.24, 2.45) is 0 Å². The summed E-state index contributed by atoms with van der Waals surface area (Å²) in [4.78, 5) is 27.0. The maximum Gasteiger partial charge on any atom is 0.410 e. The van der Waals surface area contributed by atoms with Gasteiger partial charge in [0.2, 0.25) is 0 Å². The summed E-state index contributed by atoms with van der Waals surface area (Å²) in [5.74, 6) is -0.819. The zero-order chi connectivity index (χ0) is 16.9. The number of amides is 1. The highest BCUT2D eigenvalue weighted by Gasteiger charge is 2.31. The molecule has 1 rings (SSSR count). The lowest BCUT2D eigenvalue weighted by molar-refractivity contribution is -0.139. The fourth-order valence-corrected chi connectivity index (χ4v) is 2.69. The Kier molecular flexibility index (Phi) is 6.66. The predicted octanol–water partition coefficient (Wildman–Crippen LogP) is 2.57. The van der Waals surface area contributed by atoms with E-state index in [2.05, 4.69) is 0 Å². The molecular formula is C16H30N2O4. The van der Waals surface area contributed by atoms with Crippen molar-refractivity contribution in [3.8, 4) is 0 Å². The number of ether oxygens (including phenoxy) is 1. The summed E-state index contributed by atoms with van der Waals surface area (Å²) in [5, 5.41) is 9.04. The molecule has 1 atom stereocenters. The van der Waals surface area contributed by atoms with Crippen LogP contribution in [0, 0.1) is 0 Å². The Bertz CT molecular complexity index is 390. The van der Waals surface area contributed by atoms with Crippen LogP contribution in [-0.4, -0.2) is 64.3 Å². The molecule has 0 aliphatic carbocycles. The van der Waals surface area contributed by atoms with Crippen LogP contribution in [0.4, 0.5) is 4.79 Å². The van der Waals surface area contributed by atoms with Crippen LogP contribution in [0.5, 0.6) is 0 Å². The lowest BCUT2D eigenvalue weighted by atomic mass is 10.0. The van der Waals surface area contributed by atoms with Gasteiger partial charge in [-0.05, 0) is 54.0 Å². The Hall–Kier alpha value is -1.30. The quantitative estimate of drug-likeness (QED) is 0.844. The summed E-state index contributed by atoms with van der Waals surface area (Å²) in [5.41, 5.74) is -0.530. The first kappa shape index (κ1) is 18.7. The maximum atomic E-state index is 12.4. The van der Waals surface area contributed by atoms with Gasteiger partial charge in [-0.2, -0.15) is 0 Å². The summed E-state index contributed by atoms with van der Waals surface area (Å²) in [7, 11) is 0. The summed E-state index contributed by atoms with van der Waals surface area (Å²) >= 11 is 0. The van der Waals surface area contributed by atoms with E-state index in [1.165, 1.54) is 0 Å². The standard InChI is InChI=1S/C16H30N2O4/c1-12(2)18(15(21)22-16(3,4)5)10-13-8-6-7-9-17(13)11-14(19)20/h12-13H,6-11H2,1-5H3,(H,19,20). The van der Waals surface area contributed by atoms with Gasteiger partial charge in [0.15, 0.2) is 0 Å². The van der Waals surface area contributed by atoms with E-state index in [1.807, 2.05) is 39.5 Å². The van der Waals surface area contributed by atoms with Gasteiger partial charge in [-0.25, -0.2) is 4.79 Å². The first-order valence-corrected chi connectivity index (χ1v) is 8.05. The number of carboxylic acids is 1. The zero-order valence-corrected chi connectivity index (χ0v) is 14.5. The van der Waals surface area contributed by atoms with Crippen LogP contribution in [0.1, 0.15) is 53.9 Å². The molecule has 0 aromatic heterocycles. The average Bonchev–Trinajstić information content (AvgIpc) is 2.34. The van der Waals surface area contributed by atoms with Crippen molar-refractivity contribution in [1.82, 2.24) is 9.80 Å². The van der Waals surface area contributed by atoms with E-state index in [0.717, 1.165) is 25.8 Å². The van der Waals surface area contributed by atoms with Gasteiger partial charge in [-0.15, -0.1) is 0 Å². The Balaban J connectivity index is 2.75. The topological polar surface area (TPSA) is 70.1 Å². The average molecular weight is 314 g/mol. The van der Waals surface area contributed by atoms with Gasteiger partial charge in [0.1, 0.15) is 5.60 Å². The third-order valence-electron chi connectivity index (χ3n) is 3.75. The smallest absolute Gasteiger partial charge is 0.410 e. The number of carbonyl (C=O) groups excluding carboxylic acids is 1. The maximum absolute atomic E-state index is 12.4. The highest BCUT2D eigenvalue weighted by atomic mass is 16.6. The molecule has 0 radical (unpaired) electrons. The van der Waals surface area contributed by atoms with Gasteiger partial charge in [-0.3, -0.25) is 9.69 Å². The Morgan fingerprint density at radius 2 is 1.95 bits per heavy atom. The molecule has 1 heterocycles. The van der Waals surface area contributed by atoms with Crippen LogP contribution < -0.4 is 0 Å². The summed E-state index contributed by atoms with van der Waals surface area (Å²) in [6, 6.07) is 0.100. The molecule has 1 fully saturated rings. The van der Waals surface area contributed by atoms with E-state index in [-0.39, 0.29) is 24.7 Å². The van der Waals surface area contributed by atoms with Crippen molar-refractivity contribution < 1.29 is 19.4 Å². The van der Waals surface area contributed by atoms with E-state index in [0.29, 0.717) is 6.54 Å². The van der Waals surface area contributed by atoms with Crippen LogP contribution in [0.25, 0.3) is 0 Å². The van der Waals surface area contributed by atoms with E-state index < -0.39 is 11.6 Å². The molecule has 6 heteroatoms. The number of carbonyl (C=O) groups is 2. The van der Waals surface area contributed by atoms with E-state index in [4.69, 9.17) is 9.84 Å². The fourth-order valence-electron chi connectivity index (χ4n) is 2.69. The molecule has 1 aliphatic heterocycles. The van der Waals surface area contributed by atoms with Crippen LogP contribution in [-0.2, 0) is 9.53 Å². The second kappa shape index (κ2) is 7.81. The van der Waals surface area contributed by atoms with Crippen molar-refractivity contribution in [3.05, 3.63) is 0 Å². The van der Waals surface area contributed by atoms with Gasteiger partial charge in [0.25, 0.3) is 0 Å². The molecule has 6 nitrogen and oxygen atoms in total. The molecule has 1 N–H and O–H groups in total. The lowest BCUT2D eigenvalue weighted by Crippen LogP contribution is -2.52. The molecule has 1 unspecified atom stereocenters. The minimum Gasteiger partial charge on any atom is -0.480 e. The number of hydrogen-bond donors (Lipinski definition) is 1. The largest absolute Gasteiger partial charge is 0.480 e. The highest BCUT2D eigenvalue weighted by molar-refractivity contribution is 5.69. The van der Waals surface area contributed by atoms with E-state index in [1.54, 1.807) is 4.90 Å². The van der Waals surface area contributed by atoms with Gasteiger partial charge in [0, 0.05) is 18.6 Å². The monoisotopic (exact) mass is 314 g/mol. The van der Waals surface area contributed by atoms with Crippen LogP contribution in [0.2, 0.25) is 0 Å². The molecule has 0 saturated carbocycles. The lowest BCUT2D eigenvalue weighted by Gasteiger charge is -2.39.